The Morgan fingerprint density at radius 2 is 1.76 bits per heavy atom. The molecule has 112 valence electrons. The zero-order valence-electron chi connectivity index (χ0n) is 13.4. The van der Waals surface area contributed by atoms with Gasteiger partial charge in [-0.3, -0.25) is 0 Å². The fourth-order valence-corrected chi connectivity index (χ4v) is 2.64. The van der Waals surface area contributed by atoms with E-state index in [2.05, 4.69) is 57.2 Å². The first-order valence-corrected chi connectivity index (χ1v) is 7.39. The molecule has 0 fully saturated rings. The highest BCUT2D eigenvalue weighted by atomic mass is 16.5. The summed E-state index contributed by atoms with van der Waals surface area (Å²) in [6.45, 7) is 6.50. The van der Waals surface area contributed by atoms with Crippen LogP contribution >= 0.6 is 0 Å². The van der Waals surface area contributed by atoms with E-state index in [1.165, 1.54) is 16.7 Å². The van der Waals surface area contributed by atoms with Gasteiger partial charge in [-0.1, -0.05) is 61.9 Å². The third-order valence-corrected chi connectivity index (χ3v) is 4.32. The highest BCUT2D eigenvalue weighted by Crippen LogP contribution is 2.30. The van der Waals surface area contributed by atoms with Crippen molar-refractivity contribution in [2.24, 2.45) is 5.73 Å². The summed E-state index contributed by atoms with van der Waals surface area (Å²) >= 11 is 0. The number of ether oxygens (including phenoxy) is 1. The van der Waals surface area contributed by atoms with Crippen LogP contribution in [0, 0.1) is 6.92 Å². The topological polar surface area (TPSA) is 35.2 Å². The zero-order valence-corrected chi connectivity index (χ0v) is 13.4. The standard InChI is InChI=1S/C19H25NO/c1-14-10-11-17(21-4)15(12-14)13-18(20)19(2,3)16-8-6-5-7-9-16/h5-12,18H,13,20H2,1-4H3. The van der Waals surface area contributed by atoms with Crippen LogP contribution in [-0.2, 0) is 11.8 Å². The quantitative estimate of drug-likeness (QED) is 0.904. The Balaban J connectivity index is 2.25. The highest BCUT2D eigenvalue weighted by Gasteiger charge is 2.29. The molecule has 2 N–H and O–H groups in total. The molecule has 1 atom stereocenters. The molecule has 0 heterocycles. The molecule has 1 unspecified atom stereocenters. The van der Waals surface area contributed by atoms with Gasteiger partial charge in [0.25, 0.3) is 0 Å². The summed E-state index contributed by atoms with van der Waals surface area (Å²) in [4.78, 5) is 0. The lowest BCUT2D eigenvalue weighted by Gasteiger charge is -2.32. The van der Waals surface area contributed by atoms with Crippen LogP contribution in [0.25, 0.3) is 0 Å². The van der Waals surface area contributed by atoms with Crippen molar-refractivity contribution in [1.82, 2.24) is 0 Å². The Morgan fingerprint density at radius 1 is 1.10 bits per heavy atom. The van der Waals surface area contributed by atoms with Gasteiger partial charge in [-0.25, -0.2) is 0 Å². The van der Waals surface area contributed by atoms with Crippen LogP contribution in [-0.4, -0.2) is 13.2 Å². The van der Waals surface area contributed by atoms with Crippen LogP contribution in [0.4, 0.5) is 0 Å². The lowest BCUT2D eigenvalue weighted by molar-refractivity contribution is 0.385. The maximum Gasteiger partial charge on any atom is 0.122 e. The molecular weight excluding hydrogens is 258 g/mol. The number of benzene rings is 2. The van der Waals surface area contributed by atoms with Crippen LogP contribution in [0.1, 0.15) is 30.5 Å². The number of methoxy groups -OCH3 is 1. The lowest BCUT2D eigenvalue weighted by Crippen LogP contribution is -2.42. The summed E-state index contributed by atoms with van der Waals surface area (Å²) in [6, 6.07) is 16.7. The minimum Gasteiger partial charge on any atom is -0.496 e. The summed E-state index contributed by atoms with van der Waals surface area (Å²) in [5, 5.41) is 0. The van der Waals surface area contributed by atoms with Crippen molar-refractivity contribution in [2.75, 3.05) is 7.11 Å². The Bertz CT molecular complexity index is 590. The number of nitrogens with two attached hydrogens (primary N) is 1. The maximum atomic E-state index is 6.53. The molecule has 2 aromatic carbocycles. The van der Waals surface area contributed by atoms with Crippen molar-refractivity contribution in [3.05, 3.63) is 65.2 Å². The summed E-state index contributed by atoms with van der Waals surface area (Å²) in [6.07, 6.45) is 0.798. The fraction of sp³-hybridized carbons (Fsp3) is 0.368. The Morgan fingerprint density at radius 3 is 2.38 bits per heavy atom. The molecule has 2 heteroatoms. The van der Waals surface area contributed by atoms with Crippen molar-refractivity contribution < 1.29 is 4.74 Å². The summed E-state index contributed by atoms with van der Waals surface area (Å²) in [5.74, 6) is 0.917. The van der Waals surface area contributed by atoms with Gasteiger partial charge in [0, 0.05) is 11.5 Å². The van der Waals surface area contributed by atoms with Crippen LogP contribution in [0.3, 0.4) is 0 Å². The number of hydrogen-bond acceptors (Lipinski definition) is 2. The minimum absolute atomic E-state index is 0.0237. The molecule has 0 radical (unpaired) electrons. The summed E-state index contributed by atoms with van der Waals surface area (Å²) in [7, 11) is 1.71. The zero-order chi connectivity index (χ0) is 15.5. The Kier molecular flexibility index (Phi) is 4.69. The van der Waals surface area contributed by atoms with Gasteiger partial charge in [0.15, 0.2) is 0 Å². The van der Waals surface area contributed by atoms with Crippen LogP contribution in [0.15, 0.2) is 48.5 Å². The predicted molar refractivity (Wildman–Crippen MR) is 88.9 cm³/mol. The second-order valence-corrected chi connectivity index (χ2v) is 6.21. The van der Waals surface area contributed by atoms with Crippen molar-refractivity contribution in [1.29, 1.82) is 0 Å². The molecule has 2 rings (SSSR count). The normalized spacial score (nSPS) is 13.0. The van der Waals surface area contributed by atoms with Gasteiger partial charge in [0.1, 0.15) is 5.75 Å². The summed E-state index contributed by atoms with van der Waals surface area (Å²) < 4.78 is 5.46. The molecular formula is C19H25NO. The van der Waals surface area contributed by atoms with E-state index in [9.17, 15) is 0 Å². The van der Waals surface area contributed by atoms with E-state index in [0.29, 0.717) is 0 Å². The molecule has 0 aliphatic heterocycles. The predicted octanol–water partition coefficient (Wildman–Crippen LogP) is 3.85. The second kappa shape index (κ2) is 6.31. The van der Waals surface area contributed by atoms with Crippen LogP contribution in [0.2, 0.25) is 0 Å². The van der Waals surface area contributed by atoms with Gasteiger partial charge >= 0.3 is 0 Å². The highest BCUT2D eigenvalue weighted by molar-refractivity contribution is 5.38. The first kappa shape index (κ1) is 15.6. The Labute approximate surface area is 127 Å². The third-order valence-electron chi connectivity index (χ3n) is 4.32. The number of aryl methyl sites for hydroxylation is 1. The molecule has 0 amide bonds. The van der Waals surface area contributed by atoms with E-state index >= 15 is 0 Å². The SMILES string of the molecule is COc1ccc(C)cc1CC(N)C(C)(C)c1ccccc1. The van der Waals surface area contributed by atoms with Gasteiger partial charge in [0.05, 0.1) is 7.11 Å². The van der Waals surface area contributed by atoms with Gasteiger partial charge < -0.3 is 10.5 Å². The van der Waals surface area contributed by atoms with E-state index in [0.717, 1.165) is 12.2 Å². The average Bonchev–Trinajstić information content (AvgIpc) is 2.48. The van der Waals surface area contributed by atoms with Gasteiger partial charge in [-0.15, -0.1) is 0 Å². The molecule has 0 spiro atoms. The van der Waals surface area contributed by atoms with E-state index in [1.807, 2.05) is 12.1 Å². The molecule has 0 saturated heterocycles. The largest absolute Gasteiger partial charge is 0.496 e. The second-order valence-electron chi connectivity index (χ2n) is 6.21. The lowest BCUT2D eigenvalue weighted by atomic mass is 9.76. The first-order chi connectivity index (χ1) is 9.95. The van der Waals surface area contributed by atoms with Crippen LogP contribution in [0.5, 0.6) is 5.75 Å². The van der Waals surface area contributed by atoms with Gasteiger partial charge in [-0.2, -0.15) is 0 Å². The van der Waals surface area contributed by atoms with Gasteiger partial charge in [-0.05, 0) is 30.5 Å². The number of rotatable bonds is 5. The van der Waals surface area contributed by atoms with Gasteiger partial charge in [0.2, 0.25) is 0 Å². The van der Waals surface area contributed by atoms with Crippen molar-refractivity contribution >= 4 is 0 Å². The Hall–Kier alpha value is -1.80. The van der Waals surface area contributed by atoms with E-state index in [4.69, 9.17) is 10.5 Å². The molecule has 2 nitrogen and oxygen atoms in total. The number of hydrogen-bond donors (Lipinski definition) is 1. The van der Waals surface area contributed by atoms with E-state index < -0.39 is 0 Å². The molecule has 0 aromatic heterocycles. The van der Waals surface area contributed by atoms with Crippen molar-refractivity contribution in [2.45, 2.75) is 38.6 Å². The molecule has 0 aliphatic carbocycles. The first-order valence-electron chi connectivity index (χ1n) is 7.39. The molecule has 0 saturated carbocycles. The summed E-state index contributed by atoms with van der Waals surface area (Å²) in [5.41, 5.74) is 10.1. The van der Waals surface area contributed by atoms with E-state index in [-0.39, 0.29) is 11.5 Å². The van der Waals surface area contributed by atoms with E-state index in [1.54, 1.807) is 7.11 Å². The third kappa shape index (κ3) is 3.45. The average molecular weight is 283 g/mol. The maximum absolute atomic E-state index is 6.53. The fourth-order valence-electron chi connectivity index (χ4n) is 2.64. The molecule has 0 bridgehead atoms. The van der Waals surface area contributed by atoms with Crippen molar-refractivity contribution in [3.63, 3.8) is 0 Å². The molecule has 2 aromatic rings. The van der Waals surface area contributed by atoms with Crippen LogP contribution < -0.4 is 10.5 Å². The monoisotopic (exact) mass is 283 g/mol. The minimum atomic E-state index is -0.0873. The molecule has 21 heavy (non-hydrogen) atoms. The smallest absolute Gasteiger partial charge is 0.122 e. The van der Waals surface area contributed by atoms with Crippen molar-refractivity contribution in [3.8, 4) is 5.75 Å². The molecule has 0 aliphatic rings.